The summed E-state index contributed by atoms with van der Waals surface area (Å²) in [4.78, 5) is 18.1. The van der Waals surface area contributed by atoms with Crippen molar-refractivity contribution >= 4 is 11.6 Å². The maximum atomic E-state index is 12.2. The van der Waals surface area contributed by atoms with Crippen molar-refractivity contribution in [3.8, 4) is 0 Å². The molecule has 1 aromatic heterocycles. The van der Waals surface area contributed by atoms with Gasteiger partial charge in [0.05, 0.1) is 24.1 Å². The third kappa shape index (κ3) is 2.77. The van der Waals surface area contributed by atoms with Gasteiger partial charge in [-0.15, -0.1) is 0 Å². The van der Waals surface area contributed by atoms with Crippen LogP contribution in [-0.2, 0) is 4.74 Å². The van der Waals surface area contributed by atoms with Crippen molar-refractivity contribution in [1.29, 1.82) is 0 Å². The average Bonchev–Trinajstić information content (AvgIpc) is 2.37. The minimum atomic E-state index is -0.299. The number of hydrazine groups is 1. The minimum Gasteiger partial charge on any atom is -0.372 e. The molecule has 3 N–H and O–H groups in total. The lowest BCUT2D eigenvalue weighted by atomic mass is 10.1. The lowest BCUT2D eigenvalue weighted by molar-refractivity contribution is -0.0765. The van der Waals surface area contributed by atoms with Gasteiger partial charge in [-0.3, -0.25) is 10.6 Å². The van der Waals surface area contributed by atoms with Gasteiger partial charge in [0, 0.05) is 13.1 Å². The number of nitrogen functional groups attached to an aromatic ring is 1. The Morgan fingerprint density at radius 3 is 2.89 bits per heavy atom. The molecule has 18 heavy (non-hydrogen) atoms. The first-order chi connectivity index (χ1) is 8.52. The molecule has 0 bridgehead atoms. The number of anilines is 1. The minimum absolute atomic E-state index is 0.0741. The monoisotopic (exact) mass is 250 g/mol. The number of hydrogen-bond donors (Lipinski definition) is 2. The fourth-order valence-electron chi connectivity index (χ4n) is 1.96. The van der Waals surface area contributed by atoms with E-state index in [1.165, 1.54) is 0 Å². The van der Waals surface area contributed by atoms with Crippen LogP contribution in [0.5, 0.6) is 0 Å². The Morgan fingerprint density at radius 1 is 1.56 bits per heavy atom. The Hall–Kier alpha value is -1.66. The molecule has 1 saturated heterocycles. The number of carbonyl (C=O) groups excluding carboxylic acids is 1. The van der Waals surface area contributed by atoms with E-state index in [-0.39, 0.29) is 11.5 Å². The summed E-state index contributed by atoms with van der Waals surface area (Å²) < 4.78 is 5.58. The predicted octanol–water partition coefficient (Wildman–Crippen LogP) is 0.618. The summed E-state index contributed by atoms with van der Waals surface area (Å²) >= 11 is 0. The summed E-state index contributed by atoms with van der Waals surface area (Å²) in [6, 6.07) is 3.39. The number of pyridine rings is 1. The molecule has 1 fully saturated rings. The zero-order valence-corrected chi connectivity index (χ0v) is 10.6. The molecule has 6 heteroatoms. The van der Waals surface area contributed by atoms with Crippen molar-refractivity contribution in [2.75, 3.05) is 25.1 Å². The molecule has 0 saturated carbocycles. The summed E-state index contributed by atoms with van der Waals surface area (Å²) in [6.45, 7) is 5.68. The van der Waals surface area contributed by atoms with E-state index in [9.17, 15) is 4.79 Å². The second kappa shape index (κ2) is 4.91. The Kier molecular flexibility index (Phi) is 3.49. The number of rotatable bonds is 2. The molecule has 2 heterocycles. The van der Waals surface area contributed by atoms with Crippen LogP contribution in [0.2, 0.25) is 0 Å². The molecule has 0 atom stereocenters. The number of nitrogens with zero attached hydrogens (tertiary/aromatic N) is 2. The highest BCUT2D eigenvalue weighted by molar-refractivity contribution is 5.92. The van der Waals surface area contributed by atoms with Gasteiger partial charge in [0.15, 0.2) is 0 Å². The van der Waals surface area contributed by atoms with Crippen molar-refractivity contribution in [2.45, 2.75) is 19.4 Å². The largest absolute Gasteiger partial charge is 0.372 e. The number of morpholine rings is 1. The quantitative estimate of drug-likeness (QED) is 0.594. The van der Waals surface area contributed by atoms with Crippen LogP contribution in [0.25, 0.3) is 0 Å². The zero-order chi connectivity index (χ0) is 13.2. The Bertz CT molecular complexity index is 430. The van der Waals surface area contributed by atoms with Crippen molar-refractivity contribution in [3.05, 3.63) is 24.0 Å². The van der Waals surface area contributed by atoms with Gasteiger partial charge in [-0.2, -0.15) is 0 Å². The predicted molar refractivity (Wildman–Crippen MR) is 68.0 cm³/mol. The smallest absolute Gasteiger partial charge is 0.272 e. The molecule has 1 aliphatic heterocycles. The number of aromatic nitrogens is 1. The van der Waals surface area contributed by atoms with Gasteiger partial charge in [0.2, 0.25) is 0 Å². The highest BCUT2D eigenvalue weighted by Crippen LogP contribution is 2.18. The molecule has 6 nitrogen and oxygen atoms in total. The summed E-state index contributed by atoms with van der Waals surface area (Å²) in [5, 5.41) is 0. The highest BCUT2D eigenvalue weighted by Gasteiger charge is 2.30. The Morgan fingerprint density at radius 2 is 2.33 bits per heavy atom. The van der Waals surface area contributed by atoms with Gasteiger partial charge in [0.1, 0.15) is 5.69 Å². The van der Waals surface area contributed by atoms with E-state index in [4.69, 9.17) is 10.6 Å². The molecule has 1 aliphatic rings. The fraction of sp³-hybridized carbons (Fsp3) is 0.500. The first-order valence-corrected chi connectivity index (χ1v) is 5.88. The second-order valence-corrected chi connectivity index (χ2v) is 4.91. The van der Waals surface area contributed by atoms with E-state index in [1.807, 2.05) is 13.8 Å². The number of nitrogens with two attached hydrogens (primary N) is 1. The molecule has 0 aromatic carbocycles. The summed E-state index contributed by atoms with van der Waals surface area (Å²) in [5.74, 6) is 5.18. The lowest BCUT2D eigenvalue weighted by Gasteiger charge is -2.37. The van der Waals surface area contributed by atoms with Gasteiger partial charge in [-0.05, 0) is 26.0 Å². The number of nitrogens with one attached hydrogen (secondary N) is 1. The molecule has 0 spiro atoms. The van der Waals surface area contributed by atoms with Crippen LogP contribution in [0.3, 0.4) is 0 Å². The lowest BCUT2D eigenvalue weighted by Crippen LogP contribution is -2.50. The van der Waals surface area contributed by atoms with Crippen molar-refractivity contribution in [2.24, 2.45) is 5.84 Å². The third-order valence-corrected chi connectivity index (χ3v) is 2.86. The van der Waals surface area contributed by atoms with E-state index in [0.29, 0.717) is 31.1 Å². The van der Waals surface area contributed by atoms with Crippen LogP contribution in [0.4, 0.5) is 5.69 Å². The Balaban J connectivity index is 2.10. The maximum Gasteiger partial charge on any atom is 0.272 e. The van der Waals surface area contributed by atoms with Gasteiger partial charge in [-0.1, -0.05) is 0 Å². The highest BCUT2D eigenvalue weighted by atomic mass is 16.5. The third-order valence-electron chi connectivity index (χ3n) is 2.86. The second-order valence-electron chi connectivity index (χ2n) is 4.91. The SMILES string of the molecule is CC1(C)CN(C(=O)c2ccc(NN)cn2)CCO1. The van der Waals surface area contributed by atoms with E-state index < -0.39 is 0 Å². The normalized spacial score (nSPS) is 18.5. The first-order valence-electron chi connectivity index (χ1n) is 5.88. The number of ether oxygens (including phenoxy) is 1. The summed E-state index contributed by atoms with van der Waals surface area (Å²) in [5.41, 5.74) is 3.28. The van der Waals surface area contributed by atoms with Crippen molar-refractivity contribution in [3.63, 3.8) is 0 Å². The van der Waals surface area contributed by atoms with Crippen LogP contribution in [0, 0.1) is 0 Å². The zero-order valence-electron chi connectivity index (χ0n) is 10.6. The molecule has 0 radical (unpaired) electrons. The van der Waals surface area contributed by atoms with E-state index in [0.717, 1.165) is 0 Å². The molecule has 1 aromatic rings. The number of amides is 1. The first kappa shape index (κ1) is 12.8. The van der Waals surface area contributed by atoms with Crippen LogP contribution in [0.1, 0.15) is 24.3 Å². The fourth-order valence-corrected chi connectivity index (χ4v) is 1.96. The van der Waals surface area contributed by atoms with Gasteiger partial charge < -0.3 is 15.1 Å². The van der Waals surface area contributed by atoms with Crippen LogP contribution in [-0.4, -0.2) is 41.1 Å². The van der Waals surface area contributed by atoms with Crippen molar-refractivity contribution < 1.29 is 9.53 Å². The molecule has 0 aliphatic carbocycles. The standard InChI is InChI=1S/C12H18N4O2/c1-12(2)8-16(5-6-18-12)11(17)10-4-3-9(15-13)7-14-10/h3-4,7,15H,5-6,8,13H2,1-2H3. The molecule has 98 valence electrons. The maximum absolute atomic E-state index is 12.2. The Labute approximate surface area is 106 Å². The topological polar surface area (TPSA) is 80.5 Å². The summed E-state index contributed by atoms with van der Waals surface area (Å²) in [7, 11) is 0. The van der Waals surface area contributed by atoms with Crippen molar-refractivity contribution in [1.82, 2.24) is 9.88 Å². The van der Waals surface area contributed by atoms with Crippen LogP contribution < -0.4 is 11.3 Å². The number of carbonyl (C=O) groups is 1. The molecular weight excluding hydrogens is 232 g/mol. The van der Waals surface area contributed by atoms with Gasteiger partial charge >= 0.3 is 0 Å². The van der Waals surface area contributed by atoms with E-state index in [2.05, 4.69) is 10.4 Å². The molecule has 2 rings (SSSR count). The van der Waals surface area contributed by atoms with Crippen LogP contribution >= 0.6 is 0 Å². The molecular formula is C12H18N4O2. The van der Waals surface area contributed by atoms with E-state index in [1.54, 1.807) is 23.2 Å². The molecule has 0 unspecified atom stereocenters. The van der Waals surface area contributed by atoms with E-state index >= 15 is 0 Å². The van der Waals surface area contributed by atoms with Gasteiger partial charge in [0.25, 0.3) is 5.91 Å². The number of hydrogen-bond acceptors (Lipinski definition) is 5. The van der Waals surface area contributed by atoms with Crippen LogP contribution in [0.15, 0.2) is 18.3 Å². The van der Waals surface area contributed by atoms with Gasteiger partial charge in [-0.25, -0.2) is 4.98 Å². The molecule has 1 amide bonds. The summed E-state index contributed by atoms with van der Waals surface area (Å²) in [6.07, 6.45) is 1.54. The average molecular weight is 250 g/mol.